The number of carbonyl (C=O) groups is 1. The van der Waals surface area contributed by atoms with Gasteiger partial charge < -0.3 is 15.0 Å². The minimum absolute atomic E-state index is 0.207. The Balaban J connectivity index is 1.82. The number of hydrogen-bond acceptors (Lipinski definition) is 4. The SMILES string of the molecule is CCOC(=O)N1CCC(Nc2cccc(Br)n2)CC1. The molecule has 2 rings (SSSR count). The van der Waals surface area contributed by atoms with Gasteiger partial charge in [0.25, 0.3) is 0 Å². The van der Waals surface area contributed by atoms with Crippen molar-refractivity contribution in [2.45, 2.75) is 25.8 Å². The van der Waals surface area contributed by atoms with Gasteiger partial charge in [-0.3, -0.25) is 0 Å². The van der Waals surface area contributed by atoms with E-state index in [2.05, 4.69) is 26.2 Å². The lowest BCUT2D eigenvalue weighted by Gasteiger charge is -2.31. The first-order chi connectivity index (χ1) is 9.19. The van der Waals surface area contributed by atoms with Gasteiger partial charge in [-0.05, 0) is 47.8 Å². The number of nitrogens with one attached hydrogen (secondary N) is 1. The molecule has 104 valence electrons. The maximum Gasteiger partial charge on any atom is 0.409 e. The summed E-state index contributed by atoms with van der Waals surface area (Å²) in [5, 5.41) is 3.39. The lowest BCUT2D eigenvalue weighted by atomic mass is 10.1. The number of anilines is 1. The molecule has 5 nitrogen and oxygen atoms in total. The molecule has 1 aliphatic rings. The molecule has 2 heterocycles. The molecule has 1 aliphatic heterocycles. The van der Waals surface area contributed by atoms with Crippen LogP contribution in [0.15, 0.2) is 22.8 Å². The number of nitrogens with zero attached hydrogens (tertiary/aromatic N) is 2. The van der Waals surface area contributed by atoms with Crippen molar-refractivity contribution in [3.05, 3.63) is 22.8 Å². The van der Waals surface area contributed by atoms with Crippen LogP contribution in [0.2, 0.25) is 0 Å². The molecule has 0 spiro atoms. The van der Waals surface area contributed by atoms with E-state index < -0.39 is 0 Å². The number of hydrogen-bond donors (Lipinski definition) is 1. The zero-order chi connectivity index (χ0) is 13.7. The smallest absolute Gasteiger partial charge is 0.409 e. The summed E-state index contributed by atoms with van der Waals surface area (Å²) in [4.78, 5) is 17.7. The zero-order valence-corrected chi connectivity index (χ0v) is 12.5. The number of halogens is 1. The number of aromatic nitrogens is 1. The topological polar surface area (TPSA) is 54.5 Å². The predicted octanol–water partition coefficient (Wildman–Crippen LogP) is 2.88. The average molecular weight is 328 g/mol. The molecule has 1 saturated heterocycles. The fourth-order valence-electron chi connectivity index (χ4n) is 2.12. The maximum absolute atomic E-state index is 11.6. The summed E-state index contributed by atoms with van der Waals surface area (Å²) in [5.74, 6) is 0.865. The lowest BCUT2D eigenvalue weighted by Crippen LogP contribution is -2.42. The molecule has 1 aromatic heterocycles. The van der Waals surface area contributed by atoms with Crippen LogP contribution in [0.4, 0.5) is 10.6 Å². The normalized spacial score (nSPS) is 16.2. The Kier molecular flexibility index (Phi) is 5.01. The van der Waals surface area contributed by atoms with Gasteiger partial charge in [-0.2, -0.15) is 0 Å². The van der Waals surface area contributed by atoms with Gasteiger partial charge in [0, 0.05) is 19.1 Å². The third-order valence-corrected chi connectivity index (χ3v) is 3.53. The van der Waals surface area contributed by atoms with Gasteiger partial charge in [0.1, 0.15) is 10.4 Å². The van der Waals surface area contributed by atoms with Crippen molar-refractivity contribution in [2.24, 2.45) is 0 Å². The fourth-order valence-corrected chi connectivity index (χ4v) is 2.46. The van der Waals surface area contributed by atoms with E-state index in [1.54, 1.807) is 4.90 Å². The first-order valence-corrected chi connectivity index (χ1v) is 7.29. The highest BCUT2D eigenvalue weighted by Gasteiger charge is 2.23. The lowest BCUT2D eigenvalue weighted by molar-refractivity contribution is 0.0983. The number of carbonyl (C=O) groups excluding carboxylic acids is 1. The third kappa shape index (κ3) is 4.09. The molecule has 6 heteroatoms. The van der Waals surface area contributed by atoms with Gasteiger partial charge in [-0.1, -0.05) is 6.07 Å². The summed E-state index contributed by atoms with van der Waals surface area (Å²) in [5.41, 5.74) is 0. The number of pyridine rings is 1. The molecule has 1 aromatic rings. The first-order valence-electron chi connectivity index (χ1n) is 6.50. The van der Waals surface area contributed by atoms with Crippen LogP contribution >= 0.6 is 15.9 Å². The summed E-state index contributed by atoms with van der Waals surface area (Å²) in [6.07, 6.45) is 1.61. The molecule has 0 bridgehead atoms. The Labute approximate surface area is 121 Å². The highest BCUT2D eigenvalue weighted by Crippen LogP contribution is 2.17. The largest absolute Gasteiger partial charge is 0.450 e. The van der Waals surface area contributed by atoms with Crippen LogP contribution in [-0.4, -0.2) is 41.7 Å². The highest BCUT2D eigenvalue weighted by atomic mass is 79.9. The van der Waals surface area contributed by atoms with Crippen LogP contribution in [0, 0.1) is 0 Å². The van der Waals surface area contributed by atoms with E-state index in [9.17, 15) is 4.79 Å². The van der Waals surface area contributed by atoms with E-state index in [0.717, 1.165) is 36.4 Å². The molecular weight excluding hydrogens is 310 g/mol. The van der Waals surface area contributed by atoms with Crippen molar-refractivity contribution in [2.75, 3.05) is 25.0 Å². The fraction of sp³-hybridized carbons (Fsp3) is 0.538. The van der Waals surface area contributed by atoms with Crippen molar-refractivity contribution >= 4 is 27.8 Å². The Morgan fingerprint density at radius 3 is 2.89 bits per heavy atom. The second-order valence-electron chi connectivity index (χ2n) is 4.45. The predicted molar refractivity (Wildman–Crippen MR) is 77.2 cm³/mol. The minimum Gasteiger partial charge on any atom is -0.450 e. The number of piperidine rings is 1. The minimum atomic E-state index is -0.207. The number of likely N-dealkylation sites (tertiary alicyclic amines) is 1. The molecule has 0 radical (unpaired) electrons. The van der Waals surface area contributed by atoms with Crippen LogP contribution in [0.5, 0.6) is 0 Å². The second kappa shape index (κ2) is 6.75. The first kappa shape index (κ1) is 14.1. The Hall–Kier alpha value is -1.30. The van der Waals surface area contributed by atoms with E-state index in [0.29, 0.717) is 12.6 Å². The van der Waals surface area contributed by atoms with Crippen molar-refractivity contribution in [1.29, 1.82) is 0 Å². The van der Waals surface area contributed by atoms with Crippen molar-refractivity contribution in [3.8, 4) is 0 Å². The molecule has 1 fully saturated rings. The van der Waals surface area contributed by atoms with Gasteiger partial charge in [0.2, 0.25) is 0 Å². The van der Waals surface area contributed by atoms with Gasteiger partial charge >= 0.3 is 6.09 Å². The summed E-state index contributed by atoms with van der Waals surface area (Å²) in [6, 6.07) is 6.15. The van der Waals surface area contributed by atoms with Gasteiger partial charge in [0.15, 0.2) is 0 Å². The number of ether oxygens (including phenoxy) is 1. The molecule has 0 unspecified atom stereocenters. The molecule has 1 N–H and O–H groups in total. The molecule has 1 amide bonds. The summed E-state index contributed by atoms with van der Waals surface area (Å²) in [6.45, 7) is 3.71. The highest BCUT2D eigenvalue weighted by molar-refractivity contribution is 9.10. The Bertz CT molecular complexity index is 434. The van der Waals surface area contributed by atoms with E-state index in [1.807, 2.05) is 25.1 Å². The van der Waals surface area contributed by atoms with Crippen LogP contribution in [-0.2, 0) is 4.74 Å². The van der Waals surface area contributed by atoms with Crippen LogP contribution in [0.1, 0.15) is 19.8 Å². The molecule has 0 aliphatic carbocycles. The van der Waals surface area contributed by atoms with Crippen LogP contribution < -0.4 is 5.32 Å². The van der Waals surface area contributed by atoms with E-state index in [1.165, 1.54) is 0 Å². The Morgan fingerprint density at radius 2 is 2.26 bits per heavy atom. The second-order valence-corrected chi connectivity index (χ2v) is 5.26. The van der Waals surface area contributed by atoms with Crippen molar-refractivity contribution in [3.63, 3.8) is 0 Å². The van der Waals surface area contributed by atoms with Gasteiger partial charge in [-0.15, -0.1) is 0 Å². The van der Waals surface area contributed by atoms with Gasteiger partial charge in [-0.25, -0.2) is 9.78 Å². The monoisotopic (exact) mass is 327 g/mol. The summed E-state index contributed by atoms with van der Waals surface area (Å²) < 4.78 is 5.82. The third-order valence-electron chi connectivity index (χ3n) is 3.09. The van der Waals surface area contributed by atoms with Crippen molar-refractivity contribution in [1.82, 2.24) is 9.88 Å². The Morgan fingerprint density at radius 1 is 1.53 bits per heavy atom. The quantitative estimate of drug-likeness (QED) is 0.867. The molecule has 0 aromatic carbocycles. The molecule has 0 saturated carbocycles. The molecule has 0 atom stereocenters. The standard InChI is InChI=1S/C13H18BrN3O2/c1-2-19-13(18)17-8-6-10(7-9-17)15-12-5-3-4-11(14)16-12/h3-5,10H,2,6-9H2,1H3,(H,15,16). The summed E-state index contributed by atoms with van der Waals surface area (Å²) >= 11 is 3.35. The zero-order valence-electron chi connectivity index (χ0n) is 10.9. The van der Waals surface area contributed by atoms with E-state index >= 15 is 0 Å². The maximum atomic E-state index is 11.6. The summed E-state index contributed by atoms with van der Waals surface area (Å²) in [7, 11) is 0. The van der Waals surface area contributed by atoms with Crippen molar-refractivity contribution < 1.29 is 9.53 Å². The van der Waals surface area contributed by atoms with Crippen LogP contribution in [0.3, 0.4) is 0 Å². The van der Waals surface area contributed by atoms with Gasteiger partial charge in [0.05, 0.1) is 6.61 Å². The van der Waals surface area contributed by atoms with E-state index in [-0.39, 0.29) is 6.09 Å². The van der Waals surface area contributed by atoms with E-state index in [4.69, 9.17) is 4.74 Å². The average Bonchev–Trinajstić information content (AvgIpc) is 2.40. The molecular formula is C13H18BrN3O2. The van der Waals surface area contributed by atoms with Crippen LogP contribution in [0.25, 0.3) is 0 Å². The molecule has 19 heavy (non-hydrogen) atoms. The number of amides is 1. The number of rotatable bonds is 3.